The number of benzene rings is 1. The number of amides is 3. The predicted octanol–water partition coefficient (Wildman–Crippen LogP) is 2.34. The summed E-state index contributed by atoms with van der Waals surface area (Å²) in [5, 5.41) is 7.99. The van der Waals surface area contributed by atoms with Gasteiger partial charge in [0.2, 0.25) is 5.91 Å². The van der Waals surface area contributed by atoms with E-state index in [0.29, 0.717) is 0 Å². The summed E-state index contributed by atoms with van der Waals surface area (Å²) in [5.74, 6) is -0.368. The van der Waals surface area contributed by atoms with Gasteiger partial charge in [-0.3, -0.25) is 10.1 Å². The highest BCUT2D eigenvalue weighted by Gasteiger charge is 2.15. The van der Waals surface area contributed by atoms with Crippen LogP contribution in [0.3, 0.4) is 0 Å². The van der Waals surface area contributed by atoms with Gasteiger partial charge in [-0.05, 0) is 51.8 Å². The van der Waals surface area contributed by atoms with Crippen molar-refractivity contribution in [2.75, 3.05) is 11.9 Å². The van der Waals surface area contributed by atoms with Gasteiger partial charge in [-0.2, -0.15) is 0 Å². The maximum Gasteiger partial charge on any atom is 0.321 e. The van der Waals surface area contributed by atoms with Gasteiger partial charge in [-0.15, -0.1) is 0 Å². The van der Waals surface area contributed by atoms with Crippen molar-refractivity contribution in [1.29, 1.82) is 0 Å². The van der Waals surface area contributed by atoms with Crippen LogP contribution in [0.1, 0.15) is 31.9 Å². The molecule has 0 aromatic heterocycles. The van der Waals surface area contributed by atoms with Gasteiger partial charge in [0.25, 0.3) is 0 Å². The molecule has 0 saturated heterocycles. The molecular weight excluding hydrogens is 254 g/mol. The van der Waals surface area contributed by atoms with Crippen molar-refractivity contribution in [2.45, 2.75) is 40.2 Å². The molecule has 3 amide bonds. The zero-order valence-corrected chi connectivity index (χ0v) is 12.8. The molecule has 1 rings (SSSR count). The van der Waals surface area contributed by atoms with Crippen LogP contribution in [0, 0.1) is 13.8 Å². The highest BCUT2D eigenvalue weighted by molar-refractivity contribution is 5.96. The molecule has 5 heteroatoms. The van der Waals surface area contributed by atoms with Crippen LogP contribution in [-0.4, -0.2) is 24.0 Å². The second-order valence-electron chi connectivity index (χ2n) is 5.85. The zero-order chi connectivity index (χ0) is 15.3. The smallest absolute Gasteiger partial charge is 0.321 e. The maximum absolute atomic E-state index is 11.7. The summed E-state index contributed by atoms with van der Waals surface area (Å²) in [5.41, 5.74) is 2.78. The molecule has 20 heavy (non-hydrogen) atoms. The molecule has 1 aromatic rings. The third-order valence-electron chi connectivity index (χ3n) is 2.79. The summed E-state index contributed by atoms with van der Waals surface area (Å²) in [6.07, 6.45) is 0. The van der Waals surface area contributed by atoms with E-state index in [9.17, 15) is 9.59 Å². The summed E-state index contributed by atoms with van der Waals surface area (Å²) in [7, 11) is 0. The molecule has 0 bridgehead atoms. The normalized spacial score (nSPS) is 10.8. The Kier molecular flexibility index (Phi) is 5.13. The Morgan fingerprint density at radius 2 is 1.80 bits per heavy atom. The number of urea groups is 1. The fourth-order valence-corrected chi connectivity index (χ4v) is 1.66. The Morgan fingerprint density at radius 1 is 1.15 bits per heavy atom. The van der Waals surface area contributed by atoms with E-state index in [1.807, 2.05) is 52.8 Å². The first-order chi connectivity index (χ1) is 9.19. The Morgan fingerprint density at radius 3 is 2.40 bits per heavy atom. The van der Waals surface area contributed by atoms with Gasteiger partial charge < -0.3 is 10.6 Å². The number of rotatable bonds is 3. The number of anilines is 1. The second kappa shape index (κ2) is 6.41. The second-order valence-corrected chi connectivity index (χ2v) is 5.85. The SMILES string of the molecule is Cc1cccc(NCC(=O)NC(=O)NC(C)(C)C)c1C. The summed E-state index contributed by atoms with van der Waals surface area (Å²) >= 11 is 0. The number of hydrogen-bond acceptors (Lipinski definition) is 3. The Hall–Kier alpha value is -2.04. The molecule has 0 aliphatic heterocycles. The lowest BCUT2D eigenvalue weighted by molar-refractivity contribution is -0.118. The molecule has 0 fully saturated rings. The highest BCUT2D eigenvalue weighted by Crippen LogP contribution is 2.17. The molecule has 0 spiro atoms. The largest absolute Gasteiger partial charge is 0.376 e. The topological polar surface area (TPSA) is 70.2 Å². The monoisotopic (exact) mass is 277 g/mol. The predicted molar refractivity (Wildman–Crippen MR) is 80.8 cm³/mol. The van der Waals surface area contributed by atoms with Crippen molar-refractivity contribution in [3.63, 3.8) is 0 Å². The molecule has 0 saturated carbocycles. The maximum atomic E-state index is 11.7. The third kappa shape index (κ3) is 5.30. The molecule has 0 heterocycles. The molecule has 0 atom stereocenters. The molecule has 110 valence electrons. The molecule has 0 aliphatic carbocycles. The lowest BCUT2D eigenvalue weighted by atomic mass is 10.1. The van der Waals surface area contributed by atoms with Crippen molar-refractivity contribution in [3.05, 3.63) is 29.3 Å². The van der Waals surface area contributed by atoms with Crippen molar-refractivity contribution in [3.8, 4) is 0 Å². The first kappa shape index (κ1) is 16.0. The van der Waals surface area contributed by atoms with E-state index in [1.54, 1.807) is 0 Å². The molecular formula is C15H23N3O2. The van der Waals surface area contributed by atoms with Crippen molar-refractivity contribution >= 4 is 17.6 Å². The lowest BCUT2D eigenvalue weighted by Crippen LogP contribution is -2.49. The molecule has 0 unspecified atom stereocenters. The minimum Gasteiger partial charge on any atom is -0.376 e. The van der Waals surface area contributed by atoms with Gasteiger partial charge in [0.1, 0.15) is 0 Å². The Labute approximate surface area is 120 Å². The summed E-state index contributed by atoms with van der Waals surface area (Å²) < 4.78 is 0. The van der Waals surface area contributed by atoms with E-state index in [4.69, 9.17) is 0 Å². The van der Waals surface area contributed by atoms with Gasteiger partial charge >= 0.3 is 6.03 Å². The third-order valence-corrected chi connectivity index (χ3v) is 2.79. The average Bonchev–Trinajstić information content (AvgIpc) is 2.28. The molecule has 0 aliphatic rings. The standard InChI is InChI=1S/C15H23N3O2/c1-10-7-6-8-12(11(10)2)16-9-13(19)17-14(20)18-15(3,4)5/h6-8,16H,9H2,1-5H3,(H2,17,18,19,20). The van der Waals surface area contributed by atoms with Crippen molar-refractivity contribution in [2.24, 2.45) is 0 Å². The lowest BCUT2D eigenvalue weighted by Gasteiger charge is -2.20. The van der Waals surface area contributed by atoms with E-state index in [2.05, 4.69) is 16.0 Å². The quantitative estimate of drug-likeness (QED) is 0.794. The number of carbonyl (C=O) groups is 2. The number of hydrogen-bond donors (Lipinski definition) is 3. The van der Waals surface area contributed by atoms with E-state index >= 15 is 0 Å². The van der Waals surface area contributed by atoms with Gasteiger partial charge in [0, 0.05) is 11.2 Å². The van der Waals surface area contributed by atoms with Gasteiger partial charge in [0.15, 0.2) is 0 Å². The van der Waals surface area contributed by atoms with Crippen LogP contribution in [0.25, 0.3) is 0 Å². The van der Waals surface area contributed by atoms with Crippen LogP contribution in [-0.2, 0) is 4.79 Å². The van der Waals surface area contributed by atoms with E-state index < -0.39 is 6.03 Å². The zero-order valence-electron chi connectivity index (χ0n) is 12.8. The molecule has 1 aromatic carbocycles. The van der Waals surface area contributed by atoms with Gasteiger partial charge in [-0.1, -0.05) is 12.1 Å². The molecule has 5 nitrogen and oxygen atoms in total. The van der Waals surface area contributed by atoms with Crippen LogP contribution in [0.4, 0.5) is 10.5 Å². The minimum atomic E-state index is -0.481. The van der Waals surface area contributed by atoms with E-state index in [-0.39, 0.29) is 18.0 Å². The number of carbonyl (C=O) groups excluding carboxylic acids is 2. The Balaban J connectivity index is 2.48. The fraction of sp³-hybridized carbons (Fsp3) is 0.467. The van der Waals surface area contributed by atoms with Crippen molar-refractivity contribution < 1.29 is 9.59 Å². The summed E-state index contributed by atoms with van der Waals surface area (Å²) in [6.45, 7) is 9.61. The molecule has 3 N–H and O–H groups in total. The van der Waals surface area contributed by atoms with Crippen LogP contribution in [0.15, 0.2) is 18.2 Å². The van der Waals surface area contributed by atoms with Crippen LogP contribution < -0.4 is 16.0 Å². The van der Waals surface area contributed by atoms with Crippen LogP contribution in [0.2, 0.25) is 0 Å². The fourth-order valence-electron chi connectivity index (χ4n) is 1.66. The van der Waals surface area contributed by atoms with Crippen LogP contribution in [0.5, 0.6) is 0 Å². The molecule has 0 radical (unpaired) electrons. The number of imide groups is 1. The number of aryl methyl sites for hydroxylation is 1. The highest BCUT2D eigenvalue weighted by atomic mass is 16.2. The van der Waals surface area contributed by atoms with E-state index in [1.165, 1.54) is 0 Å². The number of nitrogens with one attached hydrogen (secondary N) is 3. The van der Waals surface area contributed by atoms with E-state index in [0.717, 1.165) is 16.8 Å². The summed E-state index contributed by atoms with van der Waals surface area (Å²) in [6, 6.07) is 5.36. The first-order valence-electron chi connectivity index (χ1n) is 6.61. The van der Waals surface area contributed by atoms with Gasteiger partial charge in [-0.25, -0.2) is 4.79 Å². The Bertz CT molecular complexity index is 504. The average molecular weight is 277 g/mol. The van der Waals surface area contributed by atoms with Crippen LogP contribution >= 0.6 is 0 Å². The first-order valence-corrected chi connectivity index (χ1v) is 6.61. The van der Waals surface area contributed by atoms with Gasteiger partial charge in [0.05, 0.1) is 6.54 Å². The summed E-state index contributed by atoms with van der Waals surface area (Å²) in [4.78, 5) is 23.2. The van der Waals surface area contributed by atoms with Crippen molar-refractivity contribution in [1.82, 2.24) is 10.6 Å². The minimum absolute atomic E-state index is 0.0574.